The van der Waals surface area contributed by atoms with Crippen LogP contribution in [0.3, 0.4) is 0 Å². The van der Waals surface area contributed by atoms with Crippen molar-refractivity contribution >= 4 is 11.0 Å². The molecule has 86 valence electrons. The highest BCUT2D eigenvalue weighted by Crippen LogP contribution is 2.25. The summed E-state index contributed by atoms with van der Waals surface area (Å²) in [5, 5.41) is 10.9. The van der Waals surface area contributed by atoms with E-state index in [1.807, 2.05) is 37.4 Å². The van der Waals surface area contributed by atoms with Crippen LogP contribution in [0.25, 0.3) is 11.0 Å². The molecule has 0 saturated heterocycles. The van der Waals surface area contributed by atoms with E-state index in [1.54, 1.807) is 0 Å². The predicted molar refractivity (Wildman–Crippen MR) is 63.5 cm³/mol. The molecule has 1 atom stereocenters. The fourth-order valence-corrected chi connectivity index (χ4v) is 1.91. The summed E-state index contributed by atoms with van der Waals surface area (Å²) in [5.74, 6) is 1.57. The first kappa shape index (κ1) is 10.0. The van der Waals surface area contributed by atoms with Crippen molar-refractivity contribution in [3.05, 3.63) is 48.2 Å². The number of aromatic nitrogens is 3. The minimum Gasteiger partial charge on any atom is -0.459 e. The molecule has 0 radical (unpaired) electrons. The number of hydrogen-bond donors (Lipinski definition) is 2. The summed E-state index contributed by atoms with van der Waals surface area (Å²) in [4.78, 5) is 4.14. The SMILES string of the molecule is CNC(c1ncn[nH]1)c1cc2ccccc2o1. The van der Waals surface area contributed by atoms with Crippen molar-refractivity contribution in [1.29, 1.82) is 0 Å². The molecule has 1 unspecified atom stereocenters. The number of rotatable bonds is 3. The van der Waals surface area contributed by atoms with Gasteiger partial charge in [-0.2, -0.15) is 5.10 Å². The zero-order valence-corrected chi connectivity index (χ0v) is 9.34. The first-order chi connectivity index (χ1) is 8.38. The molecule has 2 aromatic heterocycles. The molecule has 0 bridgehead atoms. The van der Waals surface area contributed by atoms with Crippen molar-refractivity contribution in [2.45, 2.75) is 6.04 Å². The lowest BCUT2D eigenvalue weighted by molar-refractivity contribution is 0.480. The number of hydrogen-bond acceptors (Lipinski definition) is 4. The maximum absolute atomic E-state index is 5.79. The molecule has 1 aromatic carbocycles. The molecule has 2 heterocycles. The lowest BCUT2D eigenvalue weighted by Gasteiger charge is -2.09. The highest BCUT2D eigenvalue weighted by molar-refractivity contribution is 5.77. The number of furan rings is 1. The van der Waals surface area contributed by atoms with Crippen molar-refractivity contribution in [3.8, 4) is 0 Å². The number of aromatic amines is 1. The van der Waals surface area contributed by atoms with Gasteiger partial charge in [-0.15, -0.1) is 0 Å². The standard InChI is InChI=1S/C12H12N4O/c1-13-11(12-14-7-15-16-12)10-6-8-4-2-3-5-9(8)17-10/h2-7,11,13H,1H3,(H,14,15,16). The van der Waals surface area contributed by atoms with Crippen LogP contribution in [-0.4, -0.2) is 22.2 Å². The number of H-pyrrole nitrogens is 1. The van der Waals surface area contributed by atoms with Crippen LogP contribution in [-0.2, 0) is 0 Å². The number of nitrogens with one attached hydrogen (secondary N) is 2. The summed E-state index contributed by atoms with van der Waals surface area (Å²) in [5.41, 5.74) is 0.877. The van der Waals surface area contributed by atoms with Crippen LogP contribution >= 0.6 is 0 Å². The minimum atomic E-state index is -0.107. The average molecular weight is 228 g/mol. The average Bonchev–Trinajstić information content (AvgIpc) is 2.98. The zero-order valence-electron chi connectivity index (χ0n) is 9.34. The molecule has 0 aliphatic carbocycles. The van der Waals surface area contributed by atoms with E-state index in [-0.39, 0.29) is 6.04 Å². The number of para-hydroxylation sites is 1. The van der Waals surface area contributed by atoms with Crippen molar-refractivity contribution in [2.75, 3.05) is 7.05 Å². The Balaban J connectivity index is 2.07. The molecule has 5 nitrogen and oxygen atoms in total. The molecule has 0 fully saturated rings. The van der Waals surface area contributed by atoms with E-state index in [0.717, 1.165) is 22.6 Å². The highest BCUT2D eigenvalue weighted by Gasteiger charge is 2.18. The first-order valence-corrected chi connectivity index (χ1v) is 5.39. The Morgan fingerprint density at radius 1 is 1.35 bits per heavy atom. The molecule has 0 amide bonds. The Morgan fingerprint density at radius 2 is 2.24 bits per heavy atom. The Hall–Kier alpha value is -2.14. The van der Waals surface area contributed by atoms with Crippen LogP contribution in [0.2, 0.25) is 0 Å². The van der Waals surface area contributed by atoms with E-state index in [4.69, 9.17) is 4.42 Å². The lowest BCUT2D eigenvalue weighted by Crippen LogP contribution is -2.18. The van der Waals surface area contributed by atoms with Gasteiger partial charge in [0, 0.05) is 5.39 Å². The van der Waals surface area contributed by atoms with Crippen LogP contribution in [0.15, 0.2) is 41.1 Å². The number of benzene rings is 1. The highest BCUT2D eigenvalue weighted by atomic mass is 16.3. The van der Waals surface area contributed by atoms with Crippen LogP contribution in [0.1, 0.15) is 17.6 Å². The third-order valence-electron chi connectivity index (χ3n) is 2.72. The molecule has 3 aromatic rings. The fraction of sp³-hybridized carbons (Fsp3) is 0.167. The van der Waals surface area contributed by atoms with Gasteiger partial charge in [0.25, 0.3) is 0 Å². The van der Waals surface area contributed by atoms with Gasteiger partial charge in [-0.25, -0.2) is 4.98 Å². The maximum atomic E-state index is 5.79. The normalized spacial score (nSPS) is 13.0. The van der Waals surface area contributed by atoms with E-state index in [9.17, 15) is 0 Å². The summed E-state index contributed by atoms with van der Waals surface area (Å²) in [7, 11) is 1.86. The quantitative estimate of drug-likeness (QED) is 0.718. The summed E-state index contributed by atoms with van der Waals surface area (Å²) >= 11 is 0. The molecule has 0 spiro atoms. The van der Waals surface area contributed by atoms with Crippen molar-refractivity contribution in [1.82, 2.24) is 20.5 Å². The lowest BCUT2D eigenvalue weighted by atomic mass is 10.2. The Morgan fingerprint density at radius 3 is 2.94 bits per heavy atom. The molecule has 3 rings (SSSR count). The Labute approximate surface area is 97.9 Å². The van der Waals surface area contributed by atoms with E-state index >= 15 is 0 Å². The summed E-state index contributed by atoms with van der Waals surface area (Å²) in [6.07, 6.45) is 1.49. The van der Waals surface area contributed by atoms with E-state index in [1.165, 1.54) is 6.33 Å². The van der Waals surface area contributed by atoms with Crippen molar-refractivity contribution in [3.63, 3.8) is 0 Å². The molecule has 0 saturated carbocycles. The fourth-order valence-electron chi connectivity index (χ4n) is 1.91. The topological polar surface area (TPSA) is 66.7 Å². The van der Waals surface area contributed by atoms with Crippen LogP contribution in [0, 0.1) is 0 Å². The van der Waals surface area contributed by atoms with Gasteiger partial charge >= 0.3 is 0 Å². The number of nitrogens with zero attached hydrogens (tertiary/aromatic N) is 2. The second-order valence-corrected chi connectivity index (χ2v) is 3.78. The predicted octanol–water partition coefficient (Wildman–Crippen LogP) is 1.86. The smallest absolute Gasteiger partial charge is 0.149 e. The van der Waals surface area contributed by atoms with E-state index < -0.39 is 0 Å². The van der Waals surface area contributed by atoms with Gasteiger partial charge in [0.1, 0.15) is 29.5 Å². The number of fused-ring (bicyclic) bond motifs is 1. The molecular weight excluding hydrogens is 216 g/mol. The van der Waals surface area contributed by atoms with Gasteiger partial charge in [-0.1, -0.05) is 18.2 Å². The second kappa shape index (κ2) is 4.03. The first-order valence-electron chi connectivity index (χ1n) is 5.39. The zero-order chi connectivity index (χ0) is 11.7. The van der Waals surface area contributed by atoms with Gasteiger partial charge in [-0.3, -0.25) is 5.10 Å². The van der Waals surface area contributed by atoms with E-state index in [0.29, 0.717) is 0 Å². The minimum absolute atomic E-state index is 0.107. The largest absolute Gasteiger partial charge is 0.459 e. The van der Waals surface area contributed by atoms with Crippen LogP contribution < -0.4 is 5.32 Å². The molecule has 0 aliphatic heterocycles. The Bertz CT molecular complexity index is 581. The molecule has 5 heteroatoms. The Kier molecular flexibility index (Phi) is 2.38. The van der Waals surface area contributed by atoms with Crippen molar-refractivity contribution < 1.29 is 4.42 Å². The molecule has 0 aliphatic rings. The van der Waals surface area contributed by atoms with Gasteiger partial charge in [0.15, 0.2) is 0 Å². The molecular formula is C12H12N4O. The van der Waals surface area contributed by atoms with Crippen LogP contribution in [0.4, 0.5) is 0 Å². The molecule has 17 heavy (non-hydrogen) atoms. The third-order valence-corrected chi connectivity index (χ3v) is 2.72. The van der Waals surface area contributed by atoms with Gasteiger partial charge in [0.2, 0.25) is 0 Å². The van der Waals surface area contributed by atoms with Crippen LogP contribution in [0.5, 0.6) is 0 Å². The van der Waals surface area contributed by atoms with Gasteiger partial charge in [-0.05, 0) is 19.2 Å². The summed E-state index contributed by atoms with van der Waals surface area (Å²) in [6.45, 7) is 0. The molecule has 2 N–H and O–H groups in total. The van der Waals surface area contributed by atoms with Gasteiger partial charge < -0.3 is 9.73 Å². The van der Waals surface area contributed by atoms with E-state index in [2.05, 4.69) is 20.5 Å². The maximum Gasteiger partial charge on any atom is 0.149 e. The second-order valence-electron chi connectivity index (χ2n) is 3.78. The van der Waals surface area contributed by atoms with Gasteiger partial charge in [0.05, 0.1) is 0 Å². The summed E-state index contributed by atoms with van der Waals surface area (Å²) < 4.78 is 5.79. The summed E-state index contributed by atoms with van der Waals surface area (Å²) in [6, 6.07) is 9.83. The van der Waals surface area contributed by atoms with Crippen molar-refractivity contribution in [2.24, 2.45) is 0 Å². The monoisotopic (exact) mass is 228 g/mol. The third kappa shape index (κ3) is 1.70.